The van der Waals surface area contributed by atoms with E-state index < -0.39 is 0 Å². The summed E-state index contributed by atoms with van der Waals surface area (Å²) in [6.07, 6.45) is 0. The molecular formula is C19H17N5O2. The molecule has 0 aliphatic carbocycles. The lowest BCUT2D eigenvalue weighted by molar-refractivity contribution is -0.122. The number of amides is 1. The third-order valence-electron chi connectivity index (χ3n) is 4.02. The van der Waals surface area contributed by atoms with Crippen molar-refractivity contribution in [1.82, 2.24) is 25.5 Å². The highest BCUT2D eigenvalue weighted by Crippen LogP contribution is 2.23. The number of aromatic nitrogens is 4. The molecule has 0 spiro atoms. The van der Waals surface area contributed by atoms with Gasteiger partial charge in [-0.1, -0.05) is 48.5 Å². The number of hydrogen-bond donors (Lipinski definition) is 1. The Morgan fingerprint density at radius 3 is 2.73 bits per heavy atom. The zero-order valence-electron chi connectivity index (χ0n) is 14.2. The van der Waals surface area contributed by atoms with Crippen LogP contribution in [0.25, 0.3) is 22.4 Å². The molecule has 0 aliphatic rings. The summed E-state index contributed by atoms with van der Waals surface area (Å²) in [6, 6.07) is 18.9. The second-order valence-electron chi connectivity index (χ2n) is 5.99. The van der Waals surface area contributed by atoms with Crippen molar-refractivity contribution in [2.45, 2.75) is 19.5 Å². The summed E-state index contributed by atoms with van der Waals surface area (Å²) < 4.78 is 5.78. The largest absolute Gasteiger partial charge is 0.459 e. The SMILES string of the molecule is CC(NC(=O)Cn1nnc(-c2ccccc2)n1)c1cc2ccccc2o1. The molecule has 2 heterocycles. The first-order chi connectivity index (χ1) is 12.7. The van der Waals surface area contributed by atoms with E-state index >= 15 is 0 Å². The number of rotatable bonds is 5. The molecule has 1 unspecified atom stereocenters. The molecule has 0 saturated heterocycles. The van der Waals surface area contributed by atoms with Crippen LogP contribution in [0.5, 0.6) is 0 Å². The molecule has 0 bridgehead atoms. The van der Waals surface area contributed by atoms with Gasteiger partial charge in [-0.25, -0.2) is 0 Å². The fraction of sp³-hybridized carbons (Fsp3) is 0.158. The number of furan rings is 1. The van der Waals surface area contributed by atoms with E-state index in [1.54, 1.807) is 0 Å². The monoisotopic (exact) mass is 347 g/mol. The number of carbonyl (C=O) groups excluding carboxylic acids is 1. The normalized spacial score (nSPS) is 12.2. The maximum atomic E-state index is 12.3. The van der Waals surface area contributed by atoms with E-state index in [1.807, 2.05) is 67.6 Å². The Hall–Kier alpha value is -3.48. The van der Waals surface area contributed by atoms with Crippen LogP contribution >= 0.6 is 0 Å². The van der Waals surface area contributed by atoms with E-state index in [4.69, 9.17) is 4.42 Å². The third-order valence-corrected chi connectivity index (χ3v) is 4.02. The van der Waals surface area contributed by atoms with Gasteiger partial charge in [-0.05, 0) is 24.3 Å². The summed E-state index contributed by atoms with van der Waals surface area (Å²) >= 11 is 0. The zero-order valence-corrected chi connectivity index (χ0v) is 14.2. The topological polar surface area (TPSA) is 85.8 Å². The van der Waals surface area contributed by atoms with E-state index in [2.05, 4.69) is 20.7 Å². The van der Waals surface area contributed by atoms with Gasteiger partial charge in [0.15, 0.2) is 0 Å². The molecule has 130 valence electrons. The van der Waals surface area contributed by atoms with Crippen LogP contribution in [0.15, 0.2) is 65.1 Å². The molecule has 7 heteroatoms. The first kappa shape index (κ1) is 16.0. The predicted molar refractivity (Wildman–Crippen MR) is 96.0 cm³/mol. The van der Waals surface area contributed by atoms with E-state index in [0.717, 1.165) is 16.5 Å². The number of hydrogen-bond acceptors (Lipinski definition) is 5. The van der Waals surface area contributed by atoms with Crippen LogP contribution in [-0.4, -0.2) is 26.1 Å². The Bertz CT molecular complexity index is 1010. The summed E-state index contributed by atoms with van der Waals surface area (Å²) in [6.45, 7) is 1.87. The number of fused-ring (bicyclic) bond motifs is 1. The fourth-order valence-electron chi connectivity index (χ4n) is 2.72. The molecular weight excluding hydrogens is 330 g/mol. The molecule has 1 N–H and O–H groups in total. The van der Waals surface area contributed by atoms with Crippen molar-refractivity contribution < 1.29 is 9.21 Å². The van der Waals surface area contributed by atoms with Gasteiger partial charge in [-0.3, -0.25) is 4.79 Å². The number of carbonyl (C=O) groups is 1. The summed E-state index contributed by atoms with van der Waals surface area (Å²) in [5.74, 6) is 0.981. The quantitative estimate of drug-likeness (QED) is 0.600. The minimum Gasteiger partial charge on any atom is -0.459 e. The number of nitrogens with zero attached hydrogens (tertiary/aromatic N) is 4. The number of para-hydroxylation sites is 1. The van der Waals surface area contributed by atoms with Crippen molar-refractivity contribution in [1.29, 1.82) is 0 Å². The third kappa shape index (κ3) is 3.32. The van der Waals surface area contributed by atoms with Gasteiger partial charge in [-0.2, -0.15) is 4.80 Å². The van der Waals surface area contributed by atoms with Gasteiger partial charge < -0.3 is 9.73 Å². The average molecular weight is 347 g/mol. The molecule has 26 heavy (non-hydrogen) atoms. The lowest BCUT2D eigenvalue weighted by atomic mass is 10.2. The highest BCUT2D eigenvalue weighted by atomic mass is 16.3. The number of nitrogens with one attached hydrogen (secondary N) is 1. The molecule has 0 saturated carbocycles. The van der Waals surface area contributed by atoms with Crippen LogP contribution < -0.4 is 5.32 Å². The van der Waals surface area contributed by atoms with Gasteiger partial charge in [0.1, 0.15) is 17.9 Å². The minimum atomic E-state index is -0.257. The maximum Gasteiger partial charge on any atom is 0.244 e. The smallest absolute Gasteiger partial charge is 0.244 e. The average Bonchev–Trinajstić information content (AvgIpc) is 3.29. The molecule has 2 aromatic heterocycles. The number of tetrazole rings is 1. The van der Waals surface area contributed by atoms with Gasteiger partial charge in [0, 0.05) is 10.9 Å². The summed E-state index contributed by atoms with van der Waals surface area (Å²) in [4.78, 5) is 13.6. The van der Waals surface area contributed by atoms with Crippen molar-refractivity contribution in [3.63, 3.8) is 0 Å². The maximum absolute atomic E-state index is 12.3. The van der Waals surface area contributed by atoms with Crippen molar-refractivity contribution in [2.75, 3.05) is 0 Å². The van der Waals surface area contributed by atoms with Crippen LogP contribution in [0.4, 0.5) is 0 Å². The van der Waals surface area contributed by atoms with E-state index in [1.165, 1.54) is 4.80 Å². The van der Waals surface area contributed by atoms with Gasteiger partial charge in [0.25, 0.3) is 0 Å². The van der Waals surface area contributed by atoms with E-state index in [-0.39, 0.29) is 18.5 Å². The predicted octanol–water partition coefficient (Wildman–Crippen LogP) is 2.96. The van der Waals surface area contributed by atoms with Crippen molar-refractivity contribution in [3.05, 3.63) is 66.4 Å². The Morgan fingerprint density at radius 2 is 1.92 bits per heavy atom. The highest BCUT2D eigenvalue weighted by Gasteiger charge is 2.15. The first-order valence-electron chi connectivity index (χ1n) is 8.30. The minimum absolute atomic E-state index is 0.00952. The molecule has 0 radical (unpaired) electrons. The molecule has 2 aromatic carbocycles. The highest BCUT2D eigenvalue weighted by molar-refractivity contribution is 5.79. The van der Waals surface area contributed by atoms with Gasteiger partial charge in [-0.15, -0.1) is 10.2 Å². The Labute approximate surface area is 149 Å². The summed E-state index contributed by atoms with van der Waals surface area (Å²) in [5.41, 5.74) is 1.66. The molecule has 4 rings (SSSR count). The van der Waals surface area contributed by atoms with E-state index in [9.17, 15) is 4.79 Å². The van der Waals surface area contributed by atoms with Gasteiger partial charge >= 0.3 is 0 Å². The van der Waals surface area contributed by atoms with Crippen LogP contribution in [0.3, 0.4) is 0 Å². The Balaban J connectivity index is 1.41. The lowest BCUT2D eigenvalue weighted by Crippen LogP contribution is -2.30. The molecule has 4 aromatic rings. The van der Waals surface area contributed by atoms with Crippen LogP contribution in [0.2, 0.25) is 0 Å². The summed E-state index contributed by atoms with van der Waals surface area (Å²) in [7, 11) is 0. The second-order valence-corrected chi connectivity index (χ2v) is 5.99. The Morgan fingerprint density at radius 1 is 1.15 bits per heavy atom. The van der Waals surface area contributed by atoms with Crippen molar-refractivity contribution >= 4 is 16.9 Å². The van der Waals surface area contributed by atoms with Crippen molar-refractivity contribution in [3.8, 4) is 11.4 Å². The standard InChI is InChI=1S/C19H17N5O2/c1-13(17-11-15-9-5-6-10-16(15)26-17)20-18(25)12-24-22-19(21-23-24)14-7-3-2-4-8-14/h2-11,13H,12H2,1H3,(H,20,25). The molecule has 1 atom stereocenters. The van der Waals surface area contributed by atoms with Gasteiger partial charge in [0.2, 0.25) is 11.7 Å². The van der Waals surface area contributed by atoms with Crippen LogP contribution in [0, 0.1) is 0 Å². The van der Waals surface area contributed by atoms with Crippen LogP contribution in [0.1, 0.15) is 18.7 Å². The molecule has 0 aliphatic heterocycles. The van der Waals surface area contributed by atoms with E-state index in [0.29, 0.717) is 11.6 Å². The summed E-state index contributed by atoms with van der Waals surface area (Å²) in [5, 5.41) is 16.1. The first-order valence-corrected chi connectivity index (χ1v) is 8.30. The Kier molecular flexibility index (Phi) is 4.18. The van der Waals surface area contributed by atoms with Gasteiger partial charge in [0.05, 0.1) is 6.04 Å². The van der Waals surface area contributed by atoms with Crippen LogP contribution in [-0.2, 0) is 11.3 Å². The lowest BCUT2D eigenvalue weighted by Gasteiger charge is -2.10. The molecule has 1 amide bonds. The number of benzene rings is 2. The second kappa shape index (κ2) is 6.79. The zero-order chi connectivity index (χ0) is 17.9. The van der Waals surface area contributed by atoms with Crippen molar-refractivity contribution in [2.24, 2.45) is 0 Å². The molecule has 7 nitrogen and oxygen atoms in total. The molecule has 0 fully saturated rings. The fourth-order valence-corrected chi connectivity index (χ4v) is 2.72.